The van der Waals surface area contributed by atoms with E-state index in [2.05, 4.69) is 5.32 Å². The van der Waals surface area contributed by atoms with Crippen molar-refractivity contribution in [1.82, 2.24) is 10.2 Å². The summed E-state index contributed by atoms with van der Waals surface area (Å²) >= 11 is 0. The van der Waals surface area contributed by atoms with Crippen LogP contribution in [0.25, 0.3) is 0 Å². The van der Waals surface area contributed by atoms with Crippen LogP contribution < -0.4 is 5.32 Å². The monoisotopic (exact) mass is 326 g/mol. The number of aryl methyl sites for hydroxylation is 1. The van der Waals surface area contributed by atoms with Crippen molar-refractivity contribution in [3.63, 3.8) is 0 Å². The summed E-state index contributed by atoms with van der Waals surface area (Å²) < 4.78 is 5.49. The van der Waals surface area contributed by atoms with E-state index < -0.39 is 0 Å². The van der Waals surface area contributed by atoms with Gasteiger partial charge in [-0.1, -0.05) is 30.3 Å². The van der Waals surface area contributed by atoms with Gasteiger partial charge in [0.2, 0.25) is 11.8 Å². The Morgan fingerprint density at radius 1 is 1.25 bits per heavy atom. The van der Waals surface area contributed by atoms with E-state index >= 15 is 0 Å². The van der Waals surface area contributed by atoms with Crippen LogP contribution in [0.2, 0.25) is 0 Å². The van der Waals surface area contributed by atoms with Crippen LogP contribution in [-0.4, -0.2) is 23.8 Å². The number of carbonyl (C=O) groups is 2. The molecule has 1 aliphatic heterocycles. The molecule has 2 unspecified atom stereocenters. The van der Waals surface area contributed by atoms with Gasteiger partial charge in [-0.15, -0.1) is 0 Å². The van der Waals surface area contributed by atoms with Gasteiger partial charge >= 0.3 is 0 Å². The first-order valence-corrected chi connectivity index (χ1v) is 8.20. The average Bonchev–Trinajstić information content (AvgIpc) is 3.01. The molecule has 0 bridgehead atoms. The normalized spacial score (nSPS) is 20.9. The van der Waals surface area contributed by atoms with Gasteiger partial charge in [0.1, 0.15) is 11.5 Å². The Kier molecular flexibility index (Phi) is 4.69. The lowest BCUT2D eigenvalue weighted by atomic mass is 9.84. The molecule has 2 aromatic rings. The Hall–Kier alpha value is -2.56. The number of furan rings is 1. The number of hydrogen-bond acceptors (Lipinski definition) is 3. The third kappa shape index (κ3) is 3.35. The fourth-order valence-corrected chi connectivity index (χ4v) is 3.30. The zero-order valence-corrected chi connectivity index (χ0v) is 14.0. The summed E-state index contributed by atoms with van der Waals surface area (Å²) in [6.07, 6.45) is 0.962. The maximum absolute atomic E-state index is 12.7. The summed E-state index contributed by atoms with van der Waals surface area (Å²) in [5.74, 6) is 1.33. The first-order chi connectivity index (χ1) is 11.6. The van der Waals surface area contributed by atoms with E-state index in [1.165, 1.54) is 0 Å². The van der Waals surface area contributed by atoms with Crippen molar-refractivity contribution < 1.29 is 14.0 Å². The highest BCUT2D eigenvalue weighted by Crippen LogP contribution is 2.35. The largest absolute Gasteiger partial charge is 0.465 e. The molecule has 0 spiro atoms. The number of hydrogen-bond donors (Lipinski definition) is 1. The van der Waals surface area contributed by atoms with E-state index in [4.69, 9.17) is 4.42 Å². The number of rotatable bonds is 4. The van der Waals surface area contributed by atoms with E-state index in [1.54, 1.807) is 11.9 Å². The summed E-state index contributed by atoms with van der Waals surface area (Å²) in [5, 5.41) is 2.95. The van der Waals surface area contributed by atoms with Crippen LogP contribution in [0.15, 0.2) is 46.9 Å². The number of nitrogens with one attached hydrogen (secondary N) is 1. The Balaban J connectivity index is 1.76. The lowest BCUT2D eigenvalue weighted by molar-refractivity contribution is -0.141. The van der Waals surface area contributed by atoms with Crippen molar-refractivity contribution in [2.45, 2.75) is 32.4 Å². The van der Waals surface area contributed by atoms with Crippen molar-refractivity contribution in [3.05, 3.63) is 59.5 Å². The van der Waals surface area contributed by atoms with Gasteiger partial charge in [0.15, 0.2) is 0 Å². The van der Waals surface area contributed by atoms with Gasteiger partial charge < -0.3 is 14.6 Å². The second kappa shape index (κ2) is 6.91. The van der Waals surface area contributed by atoms with Crippen LogP contribution in [0.5, 0.6) is 0 Å². The van der Waals surface area contributed by atoms with E-state index in [0.717, 1.165) is 17.1 Å². The summed E-state index contributed by atoms with van der Waals surface area (Å²) in [6.45, 7) is 2.24. The molecule has 3 rings (SSSR count). The molecule has 126 valence electrons. The van der Waals surface area contributed by atoms with Gasteiger partial charge in [-0.05, 0) is 31.0 Å². The molecule has 0 aliphatic carbocycles. The highest BCUT2D eigenvalue weighted by Gasteiger charge is 2.38. The number of likely N-dealkylation sites (tertiary alicyclic amines) is 1. The zero-order chi connectivity index (χ0) is 17.1. The van der Waals surface area contributed by atoms with Gasteiger partial charge in [0.05, 0.1) is 18.5 Å². The molecule has 0 saturated carbocycles. The van der Waals surface area contributed by atoms with Crippen molar-refractivity contribution in [2.75, 3.05) is 7.05 Å². The van der Waals surface area contributed by atoms with E-state index in [0.29, 0.717) is 19.4 Å². The molecule has 5 nitrogen and oxygen atoms in total. The molecule has 2 atom stereocenters. The molecule has 1 aromatic carbocycles. The maximum Gasteiger partial charge on any atom is 0.225 e. The average molecular weight is 326 g/mol. The first-order valence-electron chi connectivity index (χ1n) is 8.20. The highest BCUT2D eigenvalue weighted by molar-refractivity contribution is 5.84. The summed E-state index contributed by atoms with van der Waals surface area (Å²) in [5.41, 5.74) is 0.988. The number of nitrogens with zero attached hydrogens (tertiary/aromatic N) is 1. The third-order valence-corrected chi connectivity index (χ3v) is 4.57. The summed E-state index contributed by atoms with van der Waals surface area (Å²) in [7, 11) is 1.77. The molecule has 5 heteroatoms. The number of benzene rings is 1. The van der Waals surface area contributed by atoms with Crippen LogP contribution in [0, 0.1) is 12.8 Å². The Morgan fingerprint density at radius 3 is 2.67 bits per heavy atom. The van der Waals surface area contributed by atoms with Crippen LogP contribution in [0.4, 0.5) is 0 Å². The van der Waals surface area contributed by atoms with Crippen molar-refractivity contribution in [2.24, 2.45) is 5.92 Å². The quantitative estimate of drug-likeness (QED) is 0.940. The predicted molar refractivity (Wildman–Crippen MR) is 90.0 cm³/mol. The van der Waals surface area contributed by atoms with Gasteiger partial charge in [0, 0.05) is 13.5 Å². The van der Waals surface area contributed by atoms with Gasteiger partial charge in [0.25, 0.3) is 0 Å². The van der Waals surface area contributed by atoms with E-state index in [9.17, 15) is 9.59 Å². The fourth-order valence-electron chi connectivity index (χ4n) is 3.30. The smallest absolute Gasteiger partial charge is 0.225 e. The highest BCUT2D eigenvalue weighted by atomic mass is 16.3. The molecule has 2 heterocycles. The molecular formula is C19H22N2O3. The SMILES string of the molecule is Cc1ccc(CNC(=O)C2CCC(=O)N(C)C2c2ccccc2)o1. The molecule has 0 radical (unpaired) electrons. The van der Waals surface area contributed by atoms with Crippen LogP contribution in [0.3, 0.4) is 0 Å². The third-order valence-electron chi connectivity index (χ3n) is 4.57. The summed E-state index contributed by atoms with van der Waals surface area (Å²) in [6, 6.07) is 13.2. The van der Waals surface area contributed by atoms with Crippen molar-refractivity contribution >= 4 is 11.8 Å². The van der Waals surface area contributed by atoms with E-state index in [1.807, 2.05) is 49.4 Å². The van der Waals surface area contributed by atoms with E-state index in [-0.39, 0.29) is 23.8 Å². The standard InChI is InChI=1S/C19H22N2O3/c1-13-8-9-15(24-13)12-20-19(23)16-10-11-17(22)21(2)18(16)14-6-4-3-5-7-14/h3-9,16,18H,10-12H2,1-2H3,(H,20,23). The van der Waals surface area contributed by atoms with Gasteiger partial charge in [-0.3, -0.25) is 9.59 Å². The predicted octanol–water partition coefficient (Wildman–Crippen LogP) is 2.81. The number of piperidine rings is 1. The minimum atomic E-state index is -0.258. The Bertz CT molecular complexity index is 723. The second-order valence-corrected chi connectivity index (χ2v) is 6.24. The molecular weight excluding hydrogens is 304 g/mol. The molecule has 2 amide bonds. The minimum absolute atomic E-state index is 0.0442. The Labute approximate surface area is 141 Å². The summed E-state index contributed by atoms with van der Waals surface area (Å²) in [4.78, 5) is 26.5. The lowest BCUT2D eigenvalue weighted by Crippen LogP contribution is -2.46. The van der Waals surface area contributed by atoms with Gasteiger partial charge in [-0.25, -0.2) is 0 Å². The molecule has 1 aromatic heterocycles. The fraction of sp³-hybridized carbons (Fsp3) is 0.368. The lowest BCUT2D eigenvalue weighted by Gasteiger charge is -2.38. The molecule has 1 fully saturated rings. The van der Waals surface area contributed by atoms with Gasteiger partial charge in [-0.2, -0.15) is 0 Å². The van der Waals surface area contributed by atoms with Crippen LogP contribution in [-0.2, 0) is 16.1 Å². The Morgan fingerprint density at radius 2 is 2.00 bits per heavy atom. The second-order valence-electron chi connectivity index (χ2n) is 6.24. The molecule has 24 heavy (non-hydrogen) atoms. The molecule has 1 aliphatic rings. The maximum atomic E-state index is 12.7. The van der Waals surface area contributed by atoms with Crippen molar-refractivity contribution in [3.8, 4) is 0 Å². The molecule has 1 N–H and O–H groups in total. The van der Waals surface area contributed by atoms with Crippen LogP contribution >= 0.6 is 0 Å². The number of carbonyl (C=O) groups excluding carboxylic acids is 2. The number of amides is 2. The zero-order valence-electron chi connectivity index (χ0n) is 14.0. The topological polar surface area (TPSA) is 62.6 Å². The first kappa shape index (κ1) is 16.3. The molecule has 1 saturated heterocycles. The van der Waals surface area contributed by atoms with Crippen LogP contribution in [0.1, 0.15) is 36.0 Å². The van der Waals surface area contributed by atoms with Crippen molar-refractivity contribution in [1.29, 1.82) is 0 Å². The minimum Gasteiger partial charge on any atom is -0.465 e.